The molecule has 0 fully saturated rings. The quantitative estimate of drug-likeness (QED) is 0.121. The summed E-state index contributed by atoms with van der Waals surface area (Å²) in [5.74, 6) is 1.47. The number of hydrogen-bond acceptors (Lipinski definition) is 1. The van der Waals surface area contributed by atoms with Gasteiger partial charge >= 0.3 is 0 Å². The number of fused-ring (bicyclic) bond motifs is 6. The summed E-state index contributed by atoms with van der Waals surface area (Å²) in [4.78, 5) is 0. The van der Waals surface area contributed by atoms with Crippen LogP contribution in [-0.4, -0.2) is 9.13 Å². The zero-order chi connectivity index (χ0) is 60.9. The van der Waals surface area contributed by atoms with Crippen molar-refractivity contribution >= 4 is 44.4 Å². The van der Waals surface area contributed by atoms with Gasteiger partial charge in [-0.05, 0) is 212 Å². The minimum Gasteiger partial charge on any atom is -0.333 e. The van der Waals surface area contributed by atoms with E-state index in [2.05, 4.69) is 330 Å². The first-order chi connectivity index (χ1) is 45.6. The summed E-state index contributed by atoms with van der Waals surface area (Å²) in [5.41, 5.74) is 27.0. The van der Waals surface area contributed by atoms with E-state index in [9.17, 15) is 0 Å². The minimum atomic E-state index is -0.00339. The average molecular weight is 1180 g/mol. The van der Waals surface area contributed by atoms with Gasteiger partial charge in [-0.1, -0.05) is 255 Å². The highest BCUT2D eigenvalue weighted by atomic mass is 15.0. The molecule has 0 bridgehead atoms. The van der Waals surface area contributed by atoms with Crippen molar-refractivity contribution in [2.45, 2.75) is 69.0 Å². The Kier molecular flexibility index (Phi) is 14.6. The maximum atomic E-state index is 4.23. The first-order valence-corrected chi connectivity index (χ1v) is 33.4. The molecule has 2 aromatic heterocycles. The molecule has 10 aromatic carbocycles. The molecule has 17 rings (SSSR count). The Hall–Kier alpha value is -10.3. The van der Waals surface area contributed by atoms with E-state index in [1.54, 1.807) is 0 Å². The van der Waals surface area contributed by atoms with Gasteiger partial charge in [0.15, 0.2) is 0 Å². The molecule has 12 aromatic rings. The molecular weight excluding hydrogens is 1110 g/mol. The fourth-order valence-electron chi connectivity index (χ4n) is 15.9. The second-order valence-electron chi connectivity index (χ2n) is 26.1. The van der Waals surface area contributed by atoms with Crippen molar-refractivity contribution in [3.8, 4) is 50.2 Å². The van der Waals surface area contributed by atoms with Crippen molar-refractivity contribution in [1.82, 2.24) is 14.5 Å². The number of allylic oxidation sites excluding steroid dienone is 11. The average Bonchev–Trinajstić information content (AvgIpc) is 1.63. The van der Waals surface area contributed by atoms with Crippen LogP contribution in [0.4, 0.5) is 0 Å². The molecule has 3 heterocycles. The Morgan fingerprint density at radius 1 is 0.391 bits per heavy atom. The van der Waals surface area contributed by atoms with Crippen molar-refractivity contribution in [2.24, 2.45) is 11.8 Å². The molecule has 444 valence electrons. The van der Waals surface area contributed by atoms with Gasteiger partial charge in [0.1, 0.15) is 0 Å². The van der Waals surface area contributed by atoms with E-state index in [4.69, 9.17) is 0 Å². The summed E-state index contributed by atoms with van der Waals surface area (Å²) in [6.45, 7) is 0. The summed E-state index contributed by atoms with van der Waals surface area (Å²) in [6.07, 6.45) is 34.4. The maximum Gasteiger partial charge on any atom is 0.0560 e. The molecule has 3 nitrogen and oxygen atoms in total. The molecule has 92 heavy (non-hydrogen) atoms. The molecule has 1 N–H and O–H groups in total. The van der Waals surface area contributed by atoms with Gasteiger partial charge in [-0.15, -0.1) is 0 Å². The molecule has 6 unspecified atom stereocenters. The van der Waals surface area contributed by atoms with E-state index < -0.39 is 0 Å². The van der Waals surface area contributed by atoms with Crippen molar-refractivity contribution < 1.29 is 0 Å². The Labute approximate surface area is 540 Å². The van der Waals surface area contributed by atoms with Crippen molar-refractivity contribution in [1.29, 1.82) is 0 Å². The lowest BCUT2D eigenvalue weighted by Crippen LogP contribution is -2.30. The Morgan fingerprint density at radius 3 is 1.67 bits per heavy atom. The fraction of sp³-hybridized carbons (Fsp3) is 0.146. The second-order valence-corrected chi connectivity index (χ2v) is 26.1. The van der Waals surface area contributed by atoms with E-state index in [-0.39, 0.29) is 18.1 Å². The standard InChI is InChI=1S/C89H73N3/c1-2-18-60(19-3-1)65-20-12-24-69(52-65)70-25-13-21-66(53-70)61-40-42-64(43-41-61)77-58-84(75-30-16-28-73(56-75)71-26-14-22-67(54-71)62-44-48-78(49-45-62)91-86-36-8-4-32-80(86)81-33-5-9-37-87(81)91)90-85(59-77)76-31-17-29-74(57-76)72-27-15-23-68(55-72)63-46-50-79(51-47-63)92-88-38-10-6-34-82(88)83-35-7-11-39-89(83)92/h1-6,8-24,26-34,36-40,42-50,52,54-57,59,61,66,70,79,84-85,90H,7,25,35,41,51,53,58H2. The predicted octanol–water partition coefficient (Wildman–Crippen LogP) is 22.9. The number of nitrogens with zero attached hydrogens (tertiary/aromatic N) is 2. The normalized spacial score (nSPS) is 20.3. The number of para-hydroxylation sites is 3. The van der Waals surface area contributed by atoms with E-state index in [1.807, 2.05) is 0 Å². The molecule has 1 aliphatic heterocycles. The highest BCUT2D eigenvalue weighted by molar-refractivity contribution is 6.09. The van der Waals surface area contributed by atoms with Gasteiger partial charge in [0.2, 0.25) is 0 Å². The third-order valence-electron chi connectivity index (χ3n) is 20.7. The van der Waals surface area contributed by atoms with Gasteiger partial charge in [-0.25, -0.2) is 0 Å². The molecule has 6 atom stereocenters. The van der Waals surface area contributed by atoms with Gasteiger partial charge in [0.25, 0.3) is 0 Å². The van der Waals surface area contributed by atoms with Crippen LogP contribution in [0.25, 0.3) is 94.6 Å². The van der Waals surface area contributed by atoms with Gasteiger partial charge in [0.05, 0.1) is 23.1 Å². The topological polar surface area (TPSA) is 21.9 Å². The number of hydrogen-bond donors (Lipinski definition) is 1. The summed E-state index contributed by atoms with van der Waals surface area (Å²) in [7, 11) is 0. The largest absolute Gasteiger partial charge is 0.333 e. The van der Waals surface area contributed by atoms with Crippen LogP contribution in [0.15, 0.2) is 321 Å². The predicted molar refractivity (Wildman–Crippen MR) is 387 cm³/mol. The van der Waals surface area contributed by atoms with E-state index in [1.165, 1.54) is 134 Å². The van der Waals surface area contributed by atoms with E-state index in [0.717, 1.165) is 44.2 Å². The summed E-state index contributed by atoms with van der Waals surface area (Å²) in [5, 5.41) is 8.18. The van der Waals surface area contributed by atoms with Crippen LogP contribution in [0.3, 0.4) is 0 Å². The van der Waals surface area contributed by atoms with Gasteiger partial charge in [0, 0.05) is 39.1 Å². The van der Waals surface area contributed by atoms with Crippen molar-refractivity contribution in [3.05, 3.63) is 354 Å². The minimum absolute atomic E-state index is 0.00339. The van der Waals surface area contributed by atoms with Crippen molar-refractivity contribution in [2.75, 3.05) is 0 Å². The molecule has 5 aliphatic rings. The number of rotatable bonds is 12. The first kappa shape index (κ1) is 55.7. The molecule has 0 spiro atoms. The van der Waals surface area contributed by atoms with Gasteiger partial charge < -0.3 is 9.13 Å². The molecule has 0 saturated heterocycles. The van der Waals surface area contributed by atoms with Gasteiger partial charge in [-0.3, -0.25) is 5.32 Å². The number of aromatic nitrogens is 2. The third kappa shape index (κ3) is 10.6. The zero-order valence-corrected chi connectivity index (χ0v) is 51.8. The monoisotopic (exact) mass is 1180 g/mol. The van der Waals surface area contributed by atoms with Gasteiger partial charge in [-0.2, -0.15) is 0 Å². The summed E-state index contributed by atoms with van der Waals surface area (Å²) >= 11 is 0. The van der Waals surface area contributed by atoms with Crippen LogP contribution in [0.1, 0.15) is 96.1 Å². The summed E-state index contributed by atoms with van der Waals surface area (Å²) < 4.78 is 4.97. The molecule has 0 saturated carbocycles. The highest BCUT2D eigenvalue weighted by Crippen LogP contribution is 2.45. The van der Waals surface area contributed by atoms with Crippen LogP contribution in [0.2, 0.25) is 0 Å². The van der Waals surface area contributed by atoms with Crippen LogP contribution in [-0.2, 0) is 6.42 Å². The number of benzene rings is 10. The van der Waals surface area contributed by atoms with Crippen LogP contribution < -0.4 is 5.32 Å². The van der Waals surface area contributed by atoms with E-state index in [0.29, 0.717) is 17.8 Å². The molecular formula is C89H73N3. The summed E-state index contributed by atoms with van der Waals surface area (Å²) in [6, 6.07) is 93.0. The molecule has 0 radical (unpaired) electrons. The van der Waals surface area contributed by atoms with Crippen LogP contribution in [0, 0.1) is 11.8 Å². The van der Waals surface area contributed by atoms with E-state index >= 15 is 0 Å². The zero-order valence-electron chi connectivity index (χ0n) is 51.8. The second kappa shape index (κ2) is 24.1. The van der Waals surface area contributed by atoms with Crippen LogP contribution in [0.5, 0.6) is 0 Å². The Morgan fingerprint density at radius 2 is 0.957 bits per heavy atom. The first-order valence-electron chi connectivity index (χ1n) is 33.4. The smallest absolute Gasteiger partial charge is 0.0560 e. The fourth-order valence-corrected chi connectivity index (χ4v) is 15.9. The number of aryl methyl sites for hydroxylation is 1. The lowest BCUT2D eigenvalue weighted by Gasteiger charge is -2.34. The third-order valence-corrected chi connectivity index (χ3v) is 20.7. The molecule has 3 heteroatoms. The lowest BCUT2D eigenvalue weighted by atomic mass is 9.73. The Bertz CT molecular complexity index is 4980. The lowest BCUT2D eigenvalue weighted by molar-refractivity contribution is 0.391. The molecule has 4 aliphatic carbocycles. The molecule has 0 amide bonds. The van der Waals surface area contributed by atoms with Crippen LogP contribution >= 0.6 is 0 Å². The highest BCUT2D eigenvalue weighted by Gasteiger charge is 2.30. The maximum absolute atomic E-state index is 4.23. The Balaban J connectivity index is 0.652. The SMILES string of the molecule is C1=Cc2c(c3ccccc3n2C2C=CC(c3cccc(-c4cccc(C5C=C(C6=CCC(C7C=CCC(c8cccc(-c9ccccc9)c8)C7)C=C6)CC(c6cccc(-c7cccc(-c8ccc(-n9c%10ccccc%10c%10ccccc%109)cc8)c7)c6)N5)c4)c3)=CC2)CC1. The van der Waals surface area contributed by atoms with Crippen molar-refractivity contribution in [3.63, 3.8) is 0 Å². The number of nitrogens with one attached hydrogen (secondary N) is 1.